The molecule has 0 unspecified atom stereocenters. The zero-order chi connectivity index (χ0) is 25.3. The average molecular weight is 511 g/mol. The van der Waals surface area contributed by atoms with E-state index in [2.05, 4.69) is 43.7 Å². The molecule has 0 amide bonds. The molecule has 1 fully saturated rings. The van der Waals surface area contributed by atoms with Crippen LogP contribution < -0.4 is 15.9 Å². The summed E-state index contributed by atoms with van der Waals surface area (Å²) >= 11 is 6.40. The van der Waals surface area contributed by atoms with Crippen LogP contribution in [-0.2, 0) is 17.4 Å². The van der Waals surface area contributed by atoms with Gasteiger partial charge in [-0.15, -0.1) is 0 Å². The molecule has 8 heteroatoms. The number of fused-ring (bicyclic) bond motifs is 1. The predicted molar refractivity (Wildman–Crippen MR) is 147 cm³/mol. The monoisotopic (exact) mass is 510 g/mol. The molecule has 6 nitrogen and oxygen atoms in total. The number of aryl methyl sites for hydroxylation is 2. The molecule has 2 heterocycles. The quantitative estimate of drug-likeness (QED) is 0.303. The van der Waals surface area contributed by atoms with Crippen LogP contribution in [0.15, 0.2) is 48.6 Å². The number of para-hydroxylation sites is 1. The lowest BCUT2D eigenvalue weighted by atomic mass is 10.0. The van der Waals surface area contributed by atoms with Gasteiger partial charge in [0.2, 0.25) is 5.95 Å². The normalized spacial score (nSPS) is 19.1. The lowest BCUT2D eigenvalue weighted by Gasteiger charge is -2.25. The van der Waals surface area contributed by atoms with Gasteiger partial charge >= 0.3 is 0 Å². The molecule has 3 aromatic rings. The number of benzene rings is 2. The second kappa shape index (κ2) is 10.3. The Morgan fingerprint density at radius 1 is 1.09 bits per heavy atom. The highest BCUT2D eigenvalue weighted by molar-refractivity contribution is 7.70. The van der Waals surface area contributed by atoms with Crippen molar-refractivity contribution in [3.8, 4) is 0 Å². The van der Waals surface area contributed by atoms with Gasteiger partial charge in [-0.25, -0.2) is 4.98 Å². The fraction of sp³-hybridized carbons (Fsp3) is 0.407. The highest BCUT2D eigenvalue weighted by Gasteiger charge is 2.24. The molecule has 2 N–H and O–H groups in total. The Morgan fingerprint density at radius 2 is 1.86 bits per heavy atom. The van der Waals surface area contributed by atoms with Gasteiger partial charge in [0.15, 0.2) is 5.82 Å². The zero-order valence-corrected chi connectivity index (χ0v) is 22.0. The van der Waals surface area contributed by atoms with Gasteiger partial charge in [-0.2, -0.15) is 4.98 Å². The van der Waals surface area contributed by atoms with Crippen LogP contribution in [0.2, 0.25) is 5.02 Å². The zero-order valence-electron chi connectivity index (χ0n) is 21.4. The van der Waals surface area contributed by atoms with E-state index in [9.17, 15) is 4.57 Å². The number of nitrogens with zero attached hydrogens (tertiary/aromatic N) is 3. The Morgan fingerprint density at radius 3 is 2.63 bits per heavy atom. The molecule has 2 aromatic carbocycles. The van der Waals surface area contributed by atoms with E-state index >= 15 is 0 Å². The minimum atomic E-state index is -2.62. The molecule has 0 bridgehead atoms. The van der Waals surface area contributed by atoms with E-state index in [-0.39, 0.29) is 0 Å². The Labute approximate surface area is 214 Å². The summed E-state index contributed by atoms with van der Waals surface area (Å²) < 4.78 is 20.7. The maximum atomic E-state index is 12.8. The van der Waals surface area contributed by atoms with Crippen LogP contribution in [0, 0.1) is 0 Å². The van der Waals surface area contributed by atoms with Crippen LogP contribution in [0.25, 0.3) is 0 Å². The van der Waals surface area contributed by atoms with Crippen molar-refractivity contribution < 1.29 is 5.94 Å². The van der Waals surface area contributed by atoms with Gasteiger partial charge in [-0.3, -0.25) is 0 Å². The fourth-order valence-corrected chi connectivity index (χ4v) is 6.42. The first-order valence-electron chi connectivity index (χ1n) is 12.8. The molecule has 5 rings (SSSR count). The molecular formula is C27H33ClN5OP. The predicted octanol–water partition coefficient (Wildman–Crippen LogP) is 6.21. The summed E-state index contributed by atoms with van der Waals surface area (Å²) in [5, 5.41) is 7.49. The number of anilines is 4. The molecule has 1 saturated heterocycles. The number of halogens is 1. The first-order chi connectivity index (χ1) is 17.3. The minimum absolute atomic E-state index is 0.311. The number of likely N-dealkylation sites (tertiary alicyclic amines) is 1. The number of aromatic nitrogens is 2. The molecule has 1 aromatic heterocycles. The topological polar surface area (TPSA) is 70.2 Å². The van der Waals surface area contributed by atoms with Gasteiger partial charge in [0.05, 0.1) is 13.3 Å². The third-order valence-corrected chi connectivity index (χ3v) is 8.84. The lowest BCUT2D eigenvalue weighted by molar-refractivity contribution is 0.222. The van der Waals surface area contributed by atoms with Gasteiger partial charge < -0.3 is 20.1 Å². The van der Waals surface area contributed by atoms with Gasteiger partial charge in [0.25, 0.3) is 0 Å². The van der Waals surface area contributed by atoms with E-state index in [4.69, 9.17) is 13.0 Å². The summed E-state index contributed by atoms with van der Waals surface area (Å²) in [6.45, 7) is 5.88. The molecule has 1 aliphatic heterocycles. The van der Waals surface area contributed by atoms with Crippen molar-refractivity contribution in [2.24, 2.45) is 0 Å². The number of hydrogen-bond acceptors (Lipinski definition) is 6. The van der Waals surface area contributed by atoms with Crippen molar-refractivity contribution in [1.29, 1.82) is 0 Å². The molecule has 35 heavy (non-hydrogen) atoms. The SMILES string of the molecule is [2H]c1ccc(Nc2nc(Nc3ccc4c(c3)CC[C@@H](N3CCCC3)CC4)ncc2Cl)c(P(C)(C)=O)c1. The van der Waals surface area contributed by atoms with Crippen LogP contribution in [0.3, 0.4) is 0 Å². The van der Waals surface area contributed by atoms with Crippen LogP contribution in [0.5, 0.6) is 0 Å². The highest BCUT2D eigenvalue weighted by atomic mass is 35.5. The van der Waals surface area contributed by atoms with Crippen LogP contribution in [0.1, 0.15) is 38.2 Å². The molecule has 0 saturated carbocycles. The number of nitrogens with one attached hydrogen (secondary N) is 2. The highest BCUT2D eigenvalue weighted by Crippen LogP contribution is 2.38. The summed E-state index contributed by atoms with van der Waals surface area (Å²) in [4.78, 5) is 11.6. The van der Waals surface area contributed by atoms with E-state index in [1.54, 1.807) is 37.7 Å². The van der Waals surface area contributed by atoms with Crippen LogP contribution in [0.4, 0.5) is 23.1 Å². The maximum absolute atomic E-state index is 12.8. The number of rotatable bonds is 6. The summed E-state index contributed by atoms with van der Waals surface area (Å²) in [5.74, 6) is 0.852. The largest absolute Gasteiger partial charge is 0.338 e. The third-order valence-electron chi connectivity index (χ3n) is 7.03. The third kappa shape index (κ3) is 5.72. The molecule has 1 aliphatic carbocycles. The van der Waals surface area contributed by atoms with Gasteiger partial charge in [0.1, 0.15) is 12.2 Å². The van der Waals surface area contributed by atoms with Gasteiger partial charge in [-0.1, -0.05) is 29.8 Å². The molecule has 184 valence electrons. The van der Waals surface area contributed by atoms with Crippen molar-refractivity contribution in [1.82, 2.24) is 14.9 Å². The maximum Gasteiger partial charge on any atom is 0.229 e. The van der Waals surface area contributed by atoms with E-state index in [1.165, 1.54) is 49.9 Å². The van der Waals surface area contributed by atoms with Crippen molar-refractivity contribution in [3.63, 3.8) is 0 Å². The number of hydrogen-bond donors (Lipinski definition) is 2. The Balaban J connectivity index is 1.33. The molecular weight excluding hydrogens is 477 g/mol. The molecule has 0 spiro atoms. The van der Waals surface area contributed by atoms with E-state index in [0.29, 0.717) is 39.9 Å². The van der Waals surface area contributed by atoms with Crippen LogP contribution in [-0.4, -0.2) is 47.3 Å². The Hall–Kier alpha value is -2.40. The summed E-state index contributed by atoms with van der Waals surface area (Å²) in [7, 11) is -2.62. The first kappa shape index (κ1) is 23.0. The van der Waals surface area contributed by atoms with Gasteiger partial charge in [0, 0.05) is 17.0 Å². The van der Waals surface area contributed by atoms with E-state index in [0.717, 1.165) is 18.5 Å². The second-order valence-corrected chi connectivity index (χ2v) is 13.5. The lowest BCUT2D eigenvalue weighted by Crippen LogP contribution is -2.32. The second-order valence-electron chi connectivity index (χ2n) is 9.89. The first-order valence-corrected chi connectivity index (χ1v) is 15.3. The minimum Gasteiger partial charge on any atom is -0.338 e. The Bertz CT molecular complexity index is 1310. The fourth-order valence-electron chi connectivity index (χ4n) is 5.19. The molecule has 2 aliphatic rings. The Kier molecular flexibility index (Phi) is 6.78. The van der Waals surface area contributed by atoms with E-state index < -0.39 is 7.14 Å². The summed E-state index contributed by atoms with van der Waals surface area (Å²) in [5.41, 5.74) is 4.42. The van der Waals surface area contributed by atoms with Crippen molar-refractivity contribution >= 4 is 47.2 Å². The average Bonchev–Trinajstić information content (AvgIpc) is 3.29. The molecule has 0 radical (unpaired) electrons. The van der Waals surface area contributed by atoms with Crippen molar-refractivity contribution in [3.05, 3.63) is 64.8 Å². The van der Waals surface area contributed by atoms with Crippen LogP contribution >= 0.6 is 18.7 Å². The smallest absolute Gasteiger partial charge is 0.229 e. The van der Waals surface area contributed by atoms with Gasteiger partial charge in [-0.05, 0) is 100 Å². The summed E-state index contributed by atoms with van der Waals surface area (Å²) in [6, 6.07) is 12.6. The van der Waals surface area contributed by atoms with E-state index in [1.807, 2.05) is 0 Å². The standard InChI is InChI=1S/C27H33ClN5OP/c1-35(2,34)25-8-4-3-7-24(25)31-26-23(28)18-29-27(32-26)30-21-12-9-19-10-13-22(14-11-20(19)17-21)33-15-5-6-16-33/h3-4,7-9,12,17-18,22H,5-6,10-11,13-16H2,1-2H3,(H2,29,30,31,32)/t22-/m0/s1/i4D. The molecule has 1 atom stereocenters. The van der Waals surface area contributed by atoms with Crippen molar-refractivity contribution in [2.75, 3.05) is 37.1 Å². The van der Waals surface area contributed by atoms with Crippen molar-refractivity contribution in [2.45, 2.75) is 44.6 Å². The summed E-state index contributed by atoms with van der Waals surface area (Å²) in [6.07, 6.45) is 8.88.